The quantitative estimate of drug-likeness (QED) is 0.539. The molecule has 1 atom stereocenters. The van der Waals surface area contributed by atoms with Crippen LogP contribution in [0.25, 0.3) is 0 Å². The largest absolute Gasteiger partial charge is 0.370 e. The maximum absolute atomic E-state index is 7.43. The van der Waals surface area contributed by atoms with Gasteiger partial charge in [-0.2, -0.15) is 4.98 Å². The number of guanidine groups is 1. The van der Waals surface area contributed by atoms with Gasteiger partial charge in [-0.3, -0.25) is 5.41 Å². The van der Waals surface area contributed by atoms with Crippen molar-refractivity contribution in [2.24, 2.45) is 5.73 Å². The predicted octanol–water partition coefficient (Wildman–Crippen LogP) is 0.278. The monoisotopic (exact) mass is 209 g/mol. The molecule has 0 aliphatic carbocycles. The summed E-state index contributed by atoms with van der Waals surface area (Å²) < 4.78 is 5.06. The topological polar surface area (TPSA) is 92.0 Å². The molecule has 82 valence electrons. The van der Waals surface area contributed by atoms with Crippen LogP contribution >= 0.6 is 0 Å². The third kappa shape index (κ3) is 2.08. The number of rotatable bonds is 2. The number of hydrogen-bond donors (Lipinski definition) is 2. The van der Waals surface area contributed by atoms with Gasteiger partial charge < -0.3 is 15.2 Å². The molecule has 1 saturated heterocycles. The van der Waals surface area contributed by atoms with E-state index in [1.165, 1.54) is 0 Å². The van der Waals surface area contributed by atoms with E-state index in [0.717, 1.165) is 19.4 Å². The first-order valence-electron chi connectivity index (χ1n) is 5.06. The second-order valence-electron chi connectivity index (χ2n) is 3.81. The molecule has 0 saturated carbocycles. The molecule has 0 bridgehead atoms. The van der Waals surface area contributed by atoms with Gasteiger partial charge in [0.1, 0.15) is 0 Å². The first-order valence-corrected chi connectivity index (χ1v) is 5.06. The van der Waals surface area contributed by atoms with Crippen LogP contribution in [-0.2, 0) is 6.42 Å². The molecule has 15 heavy (non-hydrogen) atoms. The molecule has 6 nitrogen and oxygen atoms in total. The van der Waals surface area contributed by atoms with Gasteiger partial charge in [0.05, 0.1) is 0 Å². The Morgan fingerprint density at radius 3 is 3.13 bits per heavy atom. The Morgan fingerprint density at radius 2 is 2.53 bits per heavy atom. The van der Waals surface area contributed by atoms with Gasteiger partial charge in [0.25, 0.3) is 0 Å². The summed E-state index contributed by atoms with van der Waals surface area (Å²) in [5.41, 5.74) is 5.49. The average molecular weight is 209 g/mol. The maximum Gasteiger partial charge on any atom is 0.228 e. The summed E-state index contributed by atoms with van der Waals surface area (Å²) in [5, 5.41) is 11.2. The van der Waals surface area contributed by atoms with Gasteiger partial charge >= 0.3 is 0 Å². The zero-order valence-corrected chi connectivity index (χ0v) is 8.73. The number of aryl methyl sites for hydroxylation is 1. The Hall–Kier alpha value is -1.59. The number of nitrogens with two attached hydrogens (primary N) is 1. The lowest BCUT2D eigenvalue weighted by atomic mass is 10.1. The van der Waals surface area contributed by atoms with Gasteiger partial charge in [-0.15, -0.1) is 0 Å². The minimum absolute atomic E-state index is 0.133. The van der Waals surface area contributed by atoms with Crippen LogP contribution in [0.4, 0.5) is 0 Å². The van der Waals surface area contributed by atoms with Crippen LogP contribution in [0.2, 0.25) is 0 Å². The van der Waals surface area contributed by atoms with Gasteiger partial charge in [0.15, 0.2) is 11.8 Å². The molecule has 0 spiro atoms. The third-order valence-electron chi connectivity index (χ3n) is 2.67. The summed E-state index contributed by atoms with van der Waals surface area (Å²) in [6, 6.07) is 0.238. The van der Waals surface area contributed by atoms with Crippen LogP contribution in [0.15, 0.2) is 4.52 Å². The fraction of sp³-hybridized carbons (Fsp3) is 0.667. The summed E-state index contributed by atoms with van der Waals surface area (Å²) in [6.45, 7) is 2.65. The van der Waals surface area contributed by atoms with Gasteiger partial charge in [0.2, 0.25) is 5.89 Å². The zero-order valence-electron chi connectivity index (χ0n) is 8.73. The standard InChI is InChI=1S/C9H15N5O/c1-6-12-8(15-13-6)5-7-3-2-4-14(7)9(10)11/h7H,2-5H2,1H3,(H3,10,11)/t7-/m0/s1. The molecule has 1 aromatic rings. The second-order valence-corrected chi connectivity index (χ2v) is 3.81. The van der Waals surface area contributed by atoms with Gasteiger partial charge in [0, 0.05) is 19.0 Å². The minimum atomic E-state index is 0.133. The number of nitrogens with one attached hydrogen (secondary N) is 1. The molecule has 1 aromatic heterocycles. The van der Waals surface area contributed by atoms with Crippen LogP contribution < -0.4 is 5.73 Å². The first-order chi connectivity index (χ1) is 7.16. The summed E-state index contributed by atoms with van der Waals surface area (Å²) in [7, 11) is 0. The van der Waals surface area contributed by atoms with E-state index in [9.17, 15) is 0 Å². The molecule has 0 radical (unpaired) electrons. The summed E-state index contributed by atoms with van der Waals surface area (Å²) in [6.07, 6.45) is 2.78. The van der Waals surface area contributed by atoms with Gasteiger partial charge in [-0.25, -0.2) is 0 Å². The molecule has 0 unspecified atom stereocenters. The van der Waals surface area contributed by atoms with Crippen LogP contribution in [0.3, 0.4) is 0 Å². The lowest BCUT2D eigenvalue weighted by molar-refractivity contribution is 0.319. The molecule has 0 amide bonds. The Labute approximate surface area is 88.0 Å². The normalized spacial score (nSPS) is 20.9. The Bertz CT molecular complexity index is 361. The van der Waals surface area contributed by atoms with Crippen LogP contribution in [-0.4, -0.2) is 33.6 Å². The van der Waals surface area contributed by atoms with Gasteiger partial charge in [-0.1, -0.05) is 5.16 Å². The molecular formula is C9H15N5O. The summed E-state index contributed by atoms with van der Waals surface area (Å²) >= 11 is 0. The lowest BCUT2D eigenvalue weighted by Gasteiger charge is -2.23. The van der Waals surface area contributed by atoms with E-state index in [1.807, 2.05) is 4.90 Å². The van der Waals surface area contributed by atoms with Crippen molar-refractivity contribution >= 4 is 5.96 Å². The average Bonchev–Trinajstić information content (AvgIpc) is 2.75. The highest BCUT2D eigenvalue weighted by molar-refractivity contribution is 5.75. The van der Waals surface area contributed by atoms with Crippen molar-refractivity contribution in [3.8, 4) is 0 Å². The van der Waals surface area contributed by atoms with Crippen molar-refractivity contribution in [2.45, 2.75) is 32.2 Å². The smallest absolute Gasteiger partial charge is 0.228 e. The zero-order chi connectivity index (χ0) is 10.8. The van der Waals surface area contributed by atoms with E-state index in [4.69, 9.17) is 15.7 Å². The molecule has 1 fully saturated rings. The van der Waals surface area contributed by atoms with Crippen molar-refractivity contribution in [1.82, 2.24) is 15.0 Å². The number of hydrogen-bond acceptors (Lipinski definition) is 4. The fourth-order valence-corrected chi connectivity index (χ4v) is 1.99. The van der Waals surface area contributed by atoms with E-state index in [-0.39, 0.29) is 12.0 Å². The maximum atomic E-state index is 7.43. The highest BCUT2D eigenvalue weighted by Crippen LogP contribution is 2.19. The Balaban J connectivity index is 2.02. The van der Waals surface area contributed by atoms with E-state index < -0.39 is 0 Å². The number of nitrogens with zero attached hydrogens (tertiary/aromatic N) is 3. The Morgan fingerprint density at radius 1 is 1.73 bits per heavy atom. The Kier molecular flexibility index (Phi) is 2.57. The molecule has 2 rings (SSSR count). The van der Waals surface area contributed by atoms with E-state index >= 15 is 0 Å². The van der Waals surface area contributed by atoms with E-state index in [1.54, 1.807) is 6.92 Å². The first kappa shape index (κ1) is 9.95. The van der Waals surface area contributed by atoms with Gasteiger partial charge in [-0.05, 0) is 19.8 Å². The van der Waals surface area contributed by atoms with Crippen molar-refractivity contribution in [3.63, 3.8) is 0 Å². The van der Waals surface area contributed by atoms with Crippen molar-refractivity contribution in [2.75, 3.05) is 6.54 Å². The van der Waals surface area contributed by atoms with E-state index in [0.29, 0.717) is 18.1 Å². The summed E-state index contributed by atoms with van der Waals surface area (Å²) in [4.78, 5) is 6.04. The third-order valence-corrected chi connectivity index (χ3v) is 2.67. The van der Waals surface area contributed by atoms with Crippen molar-refractivity contribution in [3.05, 3.63) is 11.7 Å². The molecule has 1 aliphatic rings. The molecule has 0 aromatic carbocycles. The second kappa shape index (κ2) is 3.88. The lowest BCUT2D eigenvalue weighted by Crippen LogP contribution is -2.41. The molecule has 6 heteroatoms. The highest BCUT2D eigenvalue weighted by Gasteiger charge is 2.27. The van der Waals surface area contributed by atoms with Crippen LogP contribution in [0, 0.1) is 12.3 Å². The molecular weight excluding hydrogens is 194 g/mol. The van der Waals surface area contributed by atoms with Crippen LogP contribution in [0.1, 0.15) is 24.6 Å². The van der Waals surface area contributed by atoms with Crippen LogP contribution in [0.5, 0.6) is 0 Å². The van der Waals surface area contributed by atoms with Crippen molar-refractivity contribution in [1.29, 1.82) is 5.41 Å². The SMILES string of the molecule is Cc1noc(C[C@@H]2CCCN2C(=N)N)n1. The minimum Gasteiger partial charge on any atom is -0.370 e. The highest BCUT2D eigenvalue weighted by atomic mass is 16.5. The summed E-state index contributed by atoms with van der Waals surface area (Å²) in [5.74, 6) is 1.41. The number of likely N-dealkylation sites (tertiary alicyclic amines) is 1. The van der Waals surface area contributed by atoms with Crippen molar-refractivity contribution < 1.29 is 4.52 Å². The fourth-order valence-electron chi connectivity index (χ4n) is 1.99. The molecule has 2 heterocycles. The molecule has 3 N–H and O–H groups in total. The predicted molar refractivity (Wildman–Crippen MR) is 54.4 cm³/mol. The number of aromatic nitrogens is 2. The van der Waals surface area contributed by atoms with E-state index in [2.05, 4.69) is 10.1 Å². The molecule has 1 aliphatic heterocycles.